The molecule has 4 N–H and O–H groups in total. The van der Waals surface area contributed by atoms with Gasteiger partial charge in [-0.1, -0.05) is 11.6 Å². The Morgan fingerprint density at radius 2 is 2.24 bits per heavy atom. The van der Waals surface area contributed by atoms with Crippen molar-refractivity contribution in [2.24, 2.45) is 0 Å². The first-order valence-electron chi connectivity index (χ1n) is 6.24. The normalized spacial score (nSPS) is 28.7. The summed E-state index contributed by atoms with van der Waals surface area (Å²) >= 11 is 0. The number of nitrogens with zero attached hydrogens (tertiary/aromatic N) is 3. The number of anilines is 1. The zero-order valence-electron chi connectivity index (χ0n) is 11.3. The molecule has 0 spiro atoms. The number of methoxy groups -OCH3 is 1. The standard InChI is InChI=1S/C12H16N4O5/c1-13-8-3-9(20-2)16-12(15-8)14-6-5-21-7(4-17)11(19)10(6)18/h3,6-7,10-11,17-19H,4-5H2,2H3,(H,14,15,16)/t6-,7+,10+,11-/m0/s1. The van der Waals surface area contributed by atoms with Gasteiger partial charge in [-0.05, 0) is 0 Å². The Morgan fingerprint density at radius 3 is 2.86 bits per heavy atom. The molecule has 0 unspecified atom stereocenters. The van der Waals surface area contributed by atoms with Crippen LogP contribution in [0.25, 0.3) is 4.85 Å². The van der Waals surface area contributed by atoms with Crippen LogP contribution in [0.15, 0.2) is 6.07 Å². The molecule has 0 aromatic carbocycles. The SMILES string of the molecule is [C-]#[N+]c1cc(OC)nc(N[C@H]2CO[C@H](CO)[C@H](O)[C@@H]2O)n1. The number of aliphatic hydroxyl groups excluding tert-OH is 3. The molecule has 0 aliphatic carbocycles. The minimum atomic E-state index is -1.23. The molecular formula is C12H16N4O5. The van der Waals surface area contributed by atoms with E-state index in [4.69, 9.17) is 21.2 Å². The van der Waals surface area contributed by atoms with Crippen molar-refractivity contribution < 1.29 is 24.8 Å². The number of nitrogens with one attached hydrogen (secondary N) is 1. The quantitative estimate of drug-likeness (QED) is 0.518. The lowest BCUT2D eigenvalue weighted by Crippen LogP contribution is -2.56. The third-order valence-electron chi connectivity index (χ3n) is 3.14. The smallest absolute Gasteiger partial charge is 0.323 e. The van der Waals surface area contributed by atoms with E-state index >= 15 is 0 Å². The van der Waals surface area contributed by atoms with Gasteiger partial charge in [0.2, 0.25) is 5.88 Å². The molecule has 1 fully saturated rings. The lowest BCUT2D eigenvalue weighted by atomic mass is 9.98. The minimum absolute atomic E-state index is 0.0530. The Morgan fingerprint density at radius 1 is 1.48 bits per heavy atom. The zero-order chi connectivity index (χ0) is 15.4. The first kappa shape index (κ1) is 15.4. The Balaban J connectivity index is 2.13. The molecule has 1 aromatic heterocycles. The van der Waals surface area contributed by atoms with Crippen LogP contribution >= 0.6 is 0 Å². The summed E-state index contributed by atoms with van der Waals surface area (Å²) in [4.78, 5) is 11.1. The van der Waals surface area contributed by atoms with Crippen LogP contribution in [0.3, 0.4) is 0 Å². The molecule has 9 heteroatoms. The number of hydrogen-bond donors (Lipinski definition) is 4. The third kappa shape index (κ3) is 3.37. The van der Waals surface area contributed by atoms with E-state index in [-0.39, 0.29) is 30.9 Å². The van der Waals surface area contributed by atoms with Crippen molar-refractivity contribution in [1.29, 1.82) is 0 Å². The van der Waals surface area contributed by atoms with Gasteiger partial charge in [-0.15, -0.1) is 0 Å². The van der Waals surface area contributed by atoms with Gasteiger partial charge in [0.25, 0.3) is 5.82 Å². The summed E-state index contributed by atoms with van der Waals surface area (Å²) in [7, 11) is 1.41. The molecular weight excluding hydrogens is 280 g/mol. The third-order valence-corrected chi connectivity index (χ3v) is 3.14. The summed E-state index contributed by atoms with van der Waals surface area (Å²) in [5, 5.41) is 31.6. The maximum Gasteiger partial charge on any atom is 0.323 e. The lowest BCUT2D eigenvalue weighted by molar-refractivity contribution is -0.152. The van der Waals surface area contributed by atoms with Crippen LogP contribution in [-0.4, -0.2) is 70.0 Å². The van der Waals surface area contributed by atoms with Crippen molar-refractivity contribution in [2.75, 3.05) is 25.6 Å². The highest BCUT2D eigenvalue weighted by Gasteiger charge is 2.38. The van der Waals surface area contributed by atoms with E-state index in [1.165, 1.54) is 13.2 Å². The van der Waals surface area contributed by atoms with Crippen molar-refractivity contribution in [3.63, 3.8) is 0 Å². The van der Waals surface area contributed by atoms with Crippen LogP contribution < -0.4 is 10.1 Å². The van der Waals surface area contributed by atoms with Gasteiger partial charge in [-0.25, -0.2) is 0 Å². The van der Waals surface area contributed by atoms with Crippen molar-refractivity contribution in [3.8, 4) is 5.88 Å². The van der Waals surface area contributed by atoms with Gasteiger partial charge >= 0.3 is 5.95 Å². The fourth-order valence-electron chi connectivity index (χ4n) is 1.98. The molecule has 0 saturated carbocycles. The van der Waals surface area contributed by atoms with Crippen molar-refractivity contribution in [1.82, 2.24) is 9.97 Å². The van der Waals surface area contributed by atoms with Gasteiger partial charge in [0.1, 0.15) is 18.3 Å². The second-order valence-electron chi connectivity index (χ2n) is 4.49. The summed E-state index contributed by atoms with van der Waals surface area (Å²) < 4.78 is 10.2. The van der Waals surface area contributed by atoms with Gasteiger partial charge in [-0.3, -0.25) is 0 Å². The fourth-order valence-corrected chi connectivity index (χ4v) is 1.98. The monoisotopic (exact) mass is 296 g/mol. The summed E-state index contributed by atoms with van der Waals surface area (Å²) in [6.07, 6.45) is -3.22. The number of rotatable bonds is 4. The molecule has 1 aromatic rings. The van der Waals surface area contributed by atoms with Crippen molar-refractivity contribution in [3.05, 3.63) is 17.5 Å². The Kier molecular flexibility index (Phi) is 4.87. The number of ether oxygens (including phenoxy) is 2. The average molecular weight is 296 g/mol. The lowest BCUT2D eigenvalue weighted by Gasteiger charge is -2.36. The van der Waals surface area contributed by atoms with E-state index in [2.05, 4.69) is 20.1 Å². The van der Waals surface area contributed by atoms with Crippen LogP contribution in [0.5, 0.6) is 5.88 Å². The van der Waals surface area contributed by atoms with Crippen molar-refractivity contribution in [2.45, 2.75) is 24.4 Å². The van der Waals surface area contributed by atoms with Gasteiger partial charge in [0.05, 0.1) is 26.4 Å². The van der Waals surface area contributed by atoms with Gasteiger partial charge in [0, 0.05) is 6.07 Å². The molecule has 1 aliphatic rings. The molecule has 0 bridgehead atoms. The second-order valence-corrected chi connectivity index (χ2v) is 4.49. The molecule has 1 saturated heterocycles. The molecule has 21 heavy (non-hydrogen) atoms. The van der Waals surface area contributed by atoms with Gasteiger partial charge in [-0.2, -0.15) is 4.98 Å². The van der Waals surface area contributed by atoms with Crippen LogP contribution in [-0.2, 0) is 4.74 Å². The van der Waals surface area contributed by atoms with E-state index in [1.807, 2.05) is 0 Å². The summed E-state index contributed by atoms with van der Waals surface area (Å²) in [5.41, 5.74) is 0. The predicted octanol–water partition coefficient (Wildman–Crippen LogP) is -1.07. The molecule has 9 nitrogen and oxygen atoms in total. The Hall–Kier alpha value is -1.99. The molecule has 0 amide bonds. The summed E-state index contributed by atoms with van der Waals surface area (Å²) in [5.74, 6) is 0.380. The van der Waals surface area contributed by atoms with Gasteiger partial charge in [0.15, 0.2) is 0 Å². The molecule has 0 radical (unpaired) electrons. The summed E-state index contributed by atoms with van der Waals surface area (Å²) in [6.45, 7) is 6.63. The Bertz CT molecular complexity index is 535. The zero-order valence-corrected chi connectivity index (χ0v) is 11.3. The van der Waals surface area contributed by atoms with E-state index in [9.17, 15) is 10.2 Å². The maximum atomic E-state index is 10.0. The molecule has 4 atom stereocenters. The maximum absolute atomic E-state index is 10.0. The Labute approximate surface area is 121 Å². The molecule has 1 aliphatic heterocycles. The number of aromatic nitrogens is 2. The fraction of sp³-hybridized carbons (Fsp3) is 0.583. The molecule has 2 rings (SSSR count). The number of hydrogen-bond acceptors (Lipinski definition) is 8. The molecule has 114 valence electrons. The van der Waals surface area contributed by atoms with E-state index in [0.717, 1.165) is 0 Å². The van der Waals surface area contributed by atoms with Crippen LogP contribution in [0, 0.1) is 6.57 Å². The highest BCUT2D eigenvalue weighted by atomic mass is 16.5. The van der Waals surface area contributed by atoms with Crippen LogP contribution in [0.2, 0.25) is 0 Å². The van der Waals surface area contributed by atoms with E-state index < -0.39 is 24.4 Å². The van der Waals surface area contributed by atoms with Crippen LogP contribution in [0.1, 0.15) is 0 Å². The number of aliphatic hydroxyl groups is 3. The summed E-state index contributed by atoms with van der Waals surface area (Å²) in [6, 6.07) is 0.705. The van der Waals surface area contributed by atoms with E-state index in [1.54, 1.807) is 0 Å². The predicted molar refractivity (Wildman–Crippen MR) is 71.1 cm³/mol. The highest BCUT2D eigenvalue weighted by Crippen LogP contribution is 2.21. The van der Waals surface area contributed by atoms with Crippen LogP contribution in [0.4, 0.5) is 11.8 Å². The average Bonchev–Trinajstić information content (AvgIpc) is 2.51. The topological polar surface area (TPSA) is 121 Å². The first-order valence-corrected chi connectivity index (χ1v) is 6.24. The van der Waals surface area contributed by atoms with Crippen molar-refractivity contribution >= 4 is 11.8 Å². The second kappa shape index (κ2) is 6.64. The van der Waals surface area contributed by atoms with E-state index in [0.29, 0.717) is 0 Å². The molecule has 2 heterocycles. The highest BCUT2D eigenvalue weighted by molar-refractivity contribution is 5.45. The first-order chi connectivity index (χ1) is 10.1. The largest absolute Gasteiger partial charge is 0.482 e. The van der Waals surface area contributed by atoms with Gasteiger partial charge < -0.3 is 35.0 Å². The minimum Gasteiger partial charge on any atom is -0.482 e.